The molecule has 3 aromatic rings. The average Bonchev–Trinajstić information content (AvgIpc) is 2.77. The number of pyridine rings is 1. The Balaban J connectivity index is 1.80. The van der Waals surface area contributed by atoms with Gasteiger partial charge in [-0.3, -0.25) is 14.1 Å². The van der Waals surface area contributed by atoms with Gasteiger partial charge in [0.15, 0.2) is 0 Å². The first kappa shape index (κ1) is 24.3. The Hall–Kier alpha value is -3.39. The number of hydrogen-bond donors (Lipinski definition) is 1. The van der Waals surface area contributed by atoms with Crippen molar-refractivity contribution in [1.82, 2.24) is 4.98 Å². The third-order valence-electron chi connectivity index (χ3n) is 5.21. The monoisotopic (exact) mass is 467 g/mol. The molecule has 7 nitrogen and oxygen atoms in total. The number of aromatic nitrogens is 1. The van der Waals surface area contributed by atoms with E-state index in [4.69, 9.17) is 4.74 Å². The Morgan fingerprint density at radius 3 is 2.42 bits per heavy atom. The third kappa shape index (κ3) is 6.79. The number of anilines is 2. The number of nitrogens with zero attached hydrogens (tertiary/aromatic N) is 2. The third-order valence-corrected chi connectivity index (χ3v) is 6.40. The van der Waals surface area contributed by atoms with Crippen molar-refractivity contribution in [3.63, 3.8) is 0 Å². The molecule has 174 valence electrons. The number of carbonyl (C=O) groups excluding carboxylic acids is 1. The lowest BCUT2D eigenvalue weighted by molar-refractivity contribution is -0.115. The molecule has 0 aliphatic rings. The number of hydrogen-bond acceptors (Lipinski definition) is 5. The minimum Gasteiger partial charge on any atom is -0.487 e. The first-order valence-corrected chi connectivity index (χ1v) is 12.5. The second-order valence-electron chi connectivity index (χ2n) is 8.18. The number of ether oxygens (including phenoxy) is 1. The maximum Gasteiger partial charge on any atom is 0.232 e. The molecule has 1 N–H and O–H groups in total. The van der Waals surface area contributed by atoms with Gasteiger partial charge in [0.25, 0.3) is 0 Å². The Morgan fingerprint density at radius 1 is 1.09 bits per heavy atom. The molecule has 0 aliphatic heterocycles. The van der Waals surface area contributed by atoms with Gasteiger partial charge in [-0.1, -0.05) is 44.2 Å². The highest BCUT2D eigenvalue weighted by molar-refractivity contribution is 7.92. The van der Waals surface area contributed by atoms with Crippen LogP contribution in [0, 0.1) is 0 Å². The minimum absolute atomic E-state index is 0.178. The van der Waals surface area contributed by atoms with Crippen LogP contribution in [0.3, 0.4) is 0 Å². The van der Waals surface area contributed by atoms with Crippen LogP contribution >= 0.6 is 0 Å². The van der Waals surface area contributed by atoms with Crippen molar-refractivity contribution in [3.8, 4) is 5.75 Å². The van der Waals surface area contributed by atoms with Gasteiger partial charge in [0.05, 0.1) is 18.4 Å². The van der Waals surface area contributed by atoms with Gasteiger partial charge in [0.2, 0.25) is 15.9 Å². The van der Waals surface area contributed by atoms with Gasteiger partial charge in [-0.05, 0) is 40.8 Å². The summed E-state index contributed by atoms with van der Waals surface area (Å²) in [6.07, 6.45) is 4.60. The van der Waals surface area contributed by atoms with Crippen LogP contribution in [0.5, 0.6) is 5.75 Å². The lowest BCUT2D eigenvalue weighted by Crippen LogP contribution is -2.25. The van der Waals surface area contributed by atoms with E-state index >= 15 is 0 Å². The van der Waals surface area contributed by atoms with E-state index in [0.29, 0.717) is 23.0 Å². The van der Waals surface area contributed by atoms with Gasteiger partial charge in [-0.25, -0.2) is 8.42 Å². The fraction of sp³-hybridized carbons (Fsp3) is 0.280. The maximum atomic E-state index is 12.5. The van der Waals surface area contributed by atoms with Crippen LogP contribution in [0.4, 0.5) is 11.4 Å². The van der Waals surface area contributed by atoms with Gasteiger partial charge >= 0.3 is 0 Å². The molecule has 3 rings (SSSR count). The summed E-state index contributed by atoms with van der Waals surface area (Å²) in [4.78, 5) is 16.5. The molecular weight excluding hydrogens is 438 g/mol. The lowest BCUT2D eigenvalue weighted by atomic mass is 10.0. The average molecular weight is 468 g/mol. The molecule has 0 radical (unpaired) electrons. The van der Waals surface area contributed by atoms with Crippen LogP contribution in [0.15, 0.2) is 67.0 Å². The largest absolute Gasteiger partial charge is 0.487 e. The number of benzene rings is 2. The number of amides is 1. The van der Waals surface area contributed by atoms with Crippen molar-refractivity contribution in [2.75, 3.05) is 22.9 Å². The molecule has 33 heavy (non-hydrogen) atoms. The molecule has 1 aromatic heterocycles. The van der Waals surface area contributed by atoms with Crippen LogP contribution < -0.4 is 14.4 Å². The molecular formula is C25H29N3O4S. The van der Waals surface area contributed by atoms with Gasteiger partial charge in [-0.2, -0.15) is 0 Å². The molecule has 0 saturated carbocycles. The zero-order chi connectivity index (χ0) is 24.0. The molecule has 0 saturated heterocycles. The van der Waals surface area contributed by atoms with Gasteiger partial charge in [0, 0.05) is 31.2 Å². The van der Waals surface area contributed by atoms with E-state index < -0.39 is 10.0 Å². The summed E-state index contributed by atoms with van der Waals surface area (Å²) >= 11 is 0. The van der Waals surface area contributed by atoms with Crippen LogP contribution in [0.2, 0.25) is 0 Å². The molecule has 0 atom stereocenters. The maximum absolute atomic E-state index is 12.5. The summed E-state index contributed by atoms with van der Waals surface area (Å²) in [6.45, 7) is 4.52. The standard InChI is InChI=1S/C25H29N3O4S/c1-18(2)21-9-7-19(8-10-21)17-32-24-15-22(11-12-23(24)28(3)33(4,30)31)27-25(29)14-20-6-5-13-26-16-20/h5-13,15-16,18H,14,17H2,1-4H3,(H,27,29). The summed E-state index contributed by atoms with van der Waals surface area (Å²) in [5, 5.41) is 2.84. The van der Waals surface area contributed by atoms with E-state index in [0.717, 1.165) is 21.7 Å². The van der Waals surface area contributed by atoms with E-state index in [9.17, 15) is 13.2 Å². The summed E-state index contributed by atoms with van der Waals surface area (Å²) in [5.74, 6) is 0.583. The van der Waals surface area contributed by atoms with Crippen LogP contribution in [0.1, 0.15) is 36.5 Å². The zero-order valence-electron chi connectivity index (χ0n) is 19.3. The van der Waals surface area contributed by atoms with Crippen molar-refractivity contribution in [2.24, 2.45) is 0 Å². The predicted molar refractivity (Wildman–Crippen MR) is 131 cm³/mol. The Bertz CT molecular complexity index is 1190. The van der Waals surface area contributed by atoms with Crippen LogP contribution in [-0.2, 0) is 27.8 Å². The fourth-order valence-electron chi connectivity index (χ4n) is 3.20. The molecule has 1 amide bonds. The van der Waals surface area contributed by atoms with Crippen LogP contribution in [-0.4, -0.2) is 32.6 Å². The lowest BCUT2D eigenvalue weighted by Gasteiger charge is -2.21. The highest BCUT2D eigenvalue weighted by Gasteiger charge is 2.18. The van der Waals surface area contributed by atoms with Crippen molar-refractivity contribution >= 4 is 27.3 Å². The van der Waals surface area contributed by atoms with E-state index in [1.807, 2.05) is 18.2 Å². The van der Waals surface area contributed by atoms with Gasteiger partial charge < -0.3 is 10.1 Å². The van der Waals surface area contributed by atoms with E-state index in [1.165, 1.54) is 12.6 Å². The predicted octanol–water partition coefficient (Wildman–Crippen LogP) is 4.36. The SMILES string of the molecule is CC(C)c1ccc(COc2cc(NC(=O)Cc3cccnc3)ccc2N(C)S(C)(=O)=O)cc1. The fourth-order valence-corrected chi connectivity index (χ4v) is 3.71. The van der Waals surface area contributed by atoms with E-state index in [2.05, 4.69) is 36.3 Å². The summed E-state index contributed by atoms with van der Waals surface area (Å²) in [5.41, 5.74) is 3.89. The van der Waals surface area contributed by atoms with Crippen LogP contribution in [0.25, 0.3) is 0 Å². The van der Waals surface area contributed by atoms with Gasteiger partial charge in [-0.15, -0.1) is 0 Å². The molecule has 0 unspecified atom stereocenters. The number of rotatable bonds is 9. The molecule has 0 spiro atoms. The van der Waals surface area contributed by atoms with E-state index in [1.54, 1.807) is 36.7 Å². The molecule has 0 fully saturated rings. The number of carbonyl (C=O) groups is 1. The normalized spacial score (nSPS) is 11.3. The quantitative estimate of drug-likeness (QED) is 0.505. The molecule has 8 heteroatoms. The second-order valence-corrected chi connectivity index (χ2v) is 10.2. The summed E-state index contributed by atoms with van der Waals surface area (Å²) in [6, 6.07) is 16.6. The smallest absolute Gasteiger partial charge is 0.232 e. The highest BCUT2D eigenvalue weighted by Crippen LogP contribution is 2.33. The number of sulfonamides is 1. The van der Waals surface area contributed by atoms with Crippen molar-refractivity contribution in [2.45, 2.75) is 32.8 Å². The zero-order valence-corrected chi connectivity index (χ0v) is 20.1. The van der Waals surface area contributed by atoms with Crippen molar-refractivity contribution < 1.29 is 17.9 Å². The van der Waals surface area contributed by atoms with Gasteiger partial charge in [0.1, 0.15) is 12.4 Å². The van der Waals surface area contributed by atoms with Crippen molar-refractivity contribution in [3.05, 3.63) is 83.7 Å². The highest BCUT2D eigenvalue weighted by atomic mass is 32.2. The van der Waals surface area contributed by atoms with E-state index in [-0.39, 0.29) is 18.9 Å². The Labute approximate surface area is 195 Å². The number of nitrogens with one attached hydrogen (secondary N) is 1. The van der Waals surface area contributed by atoms with Crippen molar-refractivity contribution in [1.29, 1.82) is 0 Å². The second kappa shape index (κ2) is 10.5. The topological polar surface area (TPSA) is 88.6 Å². The first-order valence-electron chi connectivity index (χ1n) is 10.6. The first-order chi connectivity index (χ1) is 15.6. The minimum atomic E-state index is -3.49. The summed E-state index contributed by atoms with van der Waals surface area (Å²) in [7, 11) is -2.03. The molecule has 1 heterocycles. The molecule has 2 aromatic carbocycles. The summed E-state index contributed by atoms with van der Waals surface area (Å²) < 4.78 is 31.4. The molecule has 0 aliphatic carbocycles. The Kier molecular flexibility index (Phi) is 7.71. The Morgan fingerprint density at radius 2 is 1.82 bits per heavy atom. The molecule has 0 bridgehead atoms.